The molecule has 4 heterocycles. The minimum Gasteiger partial charge on any atom is -0.378 e. The zero-order valence-corrected chi connectivity index (χ0v) is 18.2. The van der Waals surface area contributed by atoms with Crippen LogP contribution < -0.4 is 9.80 Å². The molecule has 2 aliphatic heterocycles. The number of rotatable bonds is 5. The maximum absolute atomic E-state index is 5.48. The van der Waals surface area contributed by atoms with Crippen LogP contribution in [0.3, 0.4) is 0 Å². The second-order valence-corrected chi connectivity index (χ2v) is 9.07. The first-order valence-corrected chi connectivity index (χ1v) is 11.8. The van der Waals surface area contributed by atoms with Gasteiger partial charge in [0.25, 0.3) is 0 Å². The van der Waals surface area contributed by atoms with E-state index in [0.717, 1.165) is 62.5 Å². The Morgan fingerprint density at radius 3 is 2.87 bits per heavy atom. The van der Waals surface area contributed by atoms with Crippen LogP contribution in [-0.4, -0.2) is 59.8 Å². The zero-order chi connectivity index (χ0) is 20.3. The van der Waals surface area contributed by atoms with Crippen molar-refractivity contribution in [2.45, 2.75) is 32.1 Å². The van der Waals surface area contributed by atoms with Crippen LogP contribution in [0.5, 0.6) is 0 Å². The monoisotopic (exact) mass is 424 g/mol. The normalized spacial score (nSPS) is 21.2. The summed E-state index contributed by atoms with van der Waals surface area (Å²) in [6.45, 7) is 7.68. The van der Waals surface area contributed by atoms with E-state index in [2.05, 4.69) is 60.7 Å². The van der Waals surface area contributed by atoms with Gasteiger partial charge in [-0.1, -0.05) is 6.92 Å². The Balaban J connectivity index is 1.41. The van der Waals surface area contributed by atoms with E-state index >= 15 is 0 Å². The number of ether oxygens (including phenoxy) is 1. The van der Waals surface area contributed by atoms with Gasteiger partial charge < -0.3 is 14.5 Å². The molecule has 0 amide bonds. The molecule has 0 aliphatic carbocycles. The first kappa shape index (κ1) is 19.6. The van der Waals surface area contributed by atoms with Crippen molar-refractivity contribution in [3.8, 4) is 0 Å². The fourth-order valence-electron chi connectivity index (χ4n) is 4.87. The van der Waals surface area contributed by atoms with E-state index in [4.69, 9.17) is 4.74 Å². The molecule has 8 heteroatoms. The molecular formula is C22H28N6OS. The molecule has 0 saturated carbocycles. The highest BCUT2D eigenvalue weighted by Crippen LogP contribution is 2.37. The van der Waals surface area contributed by atoms with Gasteiger partial charge in [-0.15, -0.1) is 21.5 Å². The number of hydrogen-bond acceptors (Lipinski definition) is 8. The van der Waals surface area contributed by atoms with E-state index in [1.54, 1.807) is 11.3 Å². The number of fused-ring (bicyclic) bond motifs is 1. The van der Waals surface area contributed by atoms with E-state index in [-0.39, 0.29) is 0 Å². The number of anilines is 2. The van der Waals surface area contributed by atoms with Crippen molar-refractivity contribution in [1.29, 1.82) is 0 Å². The lowest BCUT2D eigenvalue weighted by Gasteiger charge is -2.37. The predicted molar refractivity (Wildman–Crippen MR) is 120 cm³/mol. The zero-order valence-electron chi connectivity index (χ0n) is 17.4. The van der Waals surface area contributed by atoms with Crippen molar-refractivity contribution >= 4 is 33.7 Å². The Kier molecular flexibility index (Phi) is 5.77. The summed E-state index contributed by atoms with van der Waals surface area (Å²) in [7, 11) is 0. The molecule has 2 unspecified atom stereocenters. The van der Waals surface area contributed by atoms with E-state index in [1.807, 2.05) is 6.20 Å². The lowest BCUT2D eigenvalue weighted by Crippen LogP contribution is -2.38. The van der Waals surface area contributed by atoms with Crippen LogP contribution in [0, 0.1) is 5.92 Å². The number of piperidine rings is 1. The summed E-state index contributed by atoms with van der Waals surface area (Å²) in [6.07, 6.45) is 5.46. The third kappa shape index (κ3) is 3.86. The highest BCUT2D eigenvalue weighted by molar-refractivity contribution is 7.09. The third-order valence-electron chi connectivity index (χ3n) is 6.43. The maximum atomic E-state index is 5.48. The Bertz CT molecular complexity index is 975. The largest absolute Gasteiger partial charge is 0.378 e. The molecule has 0 radical (unpaired) electrons. The van der Waals surface area contributed by atoms with Crippen LogP contribution in [0.25, 0.3) is 10.9 Å². The fraction of sp³-hybridized carbons (Fsp3) is 0.545. The summed E-state index contributed by atoms with van der Waals surface area (Å²) in [5, 5.41) is 17.4. The van der Waals surface area contributed by atoms with E-state index < -0.39 is 0 Å². The lowest BCUT2D eigenvalue weighted by molar-refractivity contribution is 0.122. The van der Waals surface area contributed by atoms with Gasteiger partial charge in [0.1, 0.15) is 5.52 Å². The SMILES string of the molecule is CCC(c1nccs1)C1CCCN(c2nnnc3cc(N4CCOCC4)ccc23)C1. The Labute approximate surface area is 181 Å². The molecule has 7 nitrogen and oxygen atoms in total. The molecule has 3 aromatic rings. The molecule has 0 bridgehead atoms. The number of benzene rings is 1. The molecule has 2 aromatic heterocycles. The Morgan fingerprint density at radius 1 is 1.17 bits per heavy atom. The molecule has 5 rings (SSSR count). The van der Waals surface area contributed by atoms with Crippen molar-refractivity contribution in [2.75, 3.05) is 49.2 Å². The van der Waals surface area contributed by atoms with Crippen molar-refractivity contribution < 1.29 is 4.74 Å². The van der Waals surface area contributed by atoms with Crippen molar-refractivity contribution in [2.24, 2.45) is 5.92 Å². The molecule has 2 aliphatic rings. The molecule has 0 N–H and O–H groups in total. The molecule has 2 atom stereocenters. The van der Waals surface area contributed by atoms with Crippen LogP contribution in [-0.2, 0) is 4.74 Å². The van der Waals surface area contributed by atoms with Gasteiger partial charge in [0.05, 0.1) is 18.2 Å². The van der Waals surface area contributed by atoms with Crippen LogP contribution in [0.15, 0.2) is 29.8 Å². The fourth-order valence-corrected chi connectivity index (χ4v) is 5.79. The maximum Gasteiger partial charge on any atom is 0.162 e. The molecule has 2 saturated heterocycles. The minimum absolute atomic E-state index is 0.516. The van der Waals surface area contributed by atoms with Crippen molar-refractivity contribution in [3.05, 3.63) is 34.8 Å². The summed E-state index contributed by atoms with van der Waals surface area (Å²) < 4.78 is 5.48. The quantitative estimate of drug-likeness (QED) is 0.618. The minimum atomic E-state index is 0.516. The van der Waals surface area contributed by atoms with Crippen LogP contribution in [0.4, 0.5) is 11.5 Å². The van der Waals surface area contributed by atoms with Gasteiger partial charge in [0.15, 0.2) is 5.82 Å². The Morgan fingerprint density at radius 2 is 2.07 bits per heavy atom. The number of aromatic nitrogens is 4. The van der Waals surface area contributed by atoms with Gasteiger partial charge >= 0.3 is 0 Å². The van der Waals surface area contributed by atoms with Gasteiger partial charge in [-0.05, 0) is 48.6 Å². The first-order chi connectivity index (χ1) is 14.8. The average Bonchev–Trinajstić information content (AvgIpc) is 3.34. The van der Waals surface area contributed by atoms with Gasteiger partial charge in [-0.25, -0.2) is 4.98 Å². The van der Waals surface area contributed by atoms with E-state index in [0.29, 0.717) is 11.8 Å². The topological polar surface area (TPSA) is 67.3 Å². The van der Waals surface area contributed by atoms with Gasteiger partial charge in [0, 0.05) is 54.7 Å². The highest BCUT2D eigenvalue weighted by atomic mass is 32.1. The molecule has 30 heavy (non-hydrogen) atoms. The average molecular weight is 425 g/mol. The van der Waals surface area contributed by atoms with Crippen LogP contribution in [0.2, 0.25) is 0 Å². The second-order valence-electron chi connectivity index (χ2n) is 8.15. The first-order valence-electron chi connectivity index (χ1n) is 10.9. The van der Waals surface area contributed by atoms with Gasteiger partial charge in [0.2, 0.25) is 0 Å². The summed E-state index contributed by atoms with van der Waals surface area (Å²) in [5.41, 5.74) is 2.10. The number of morpholine rings is 1. The third-order valence-corrected chi connectivity index (χ3v) is 7.33. The van der Waals surface area contributed by atoms with Gasteiger partial charge in [-0.2, -0.15) is 0 Å². The van der Waals surface area contributed by atoms with E-state index in [1.165, 1.54) is 23.5 Å². The van der Waals surface area contributed by atoms with Gasteiger partial charge in [-0.3, -0.25) is 0 Å². The molecule has 158 valence electrons. The van der Waals surface area contributed by atoms with Crippen LogP contribution in [0.1, 0.15) is 37.1 Å². The van der Waals surface area contributed by atoms with E-state index in [9.17, 15) is 0 Å². The van der Waals surface area contributed by atoms with Crippen LogP contribution >= 0.6 is 11.3 Å². The Hall–Kier alpha value is -2.32. The smallest absolute Gasteiger partial charge is 0.162 e. The number of nitrogens with zero attached hydrogens (tertiary/aromatic N) is 6. The lowest BCUT2D eigenvalue weighted by atomic mass is 9.84. The van der Waals surface area contributed by atoms with Crippen molar-refractivity contribution in [3.63, 3.8) is 0 Å². The summed E-state index contributed by atoms with van der Waals surface area (Å²) in [6, 6.07) is 6.50. The van der Waals surface area contributed by atoms with Crippen molar-refractivity contribution in [1.82, 2.24) is 20.4 Å². The summed E-state index contributed by atoms with van der Waals surface area (Å²) in [4.78, 5) is 9.37. The highest BCUT2D eigenvalue weighted by Gasteiger charge is 2.30. The summed E-state index contributed by atoms with van der Waals surface area (Å²) in [5.74, 6) is 2.07. The molecular weight excluding hydrogens is 396 g/mol. The number of hydrogen-bond donors (Lipinski definition) is 0. The summed E-state index contributed by atoms with van der Waals surface area (Å²) >= 11 is 1.78. The standard InChI is InChI=1S/C22H28N6OS/c1-2-18(22-23-7-13-30-22)16-4-3-8-28(15-16)21-19-6-5-17(14-20(19)24-26-25-21)27-9-11-29-12-10-27/h5-7,13-14,16,18H,2-4,8-12,15H2,1H3. The molecule has 2 fully saturated rings. The second kappa shape index (κ2) is 8.81. The predicted octanol–water partition coefficient (Wildman–Crippen LogP) is 3.73. The molecule has 0 spiro atoms. The molecule has 1 aromatic carbocycles. The number of thiazole rings is 1.